The third-order valence-electron chi connectivity index (χ3n) is 4.72. The molecule has 2 rings (SSSR count). The van der Waals surface area contributed by atoms with E-state index in [4.69, 9.17) is 14.2 Å². The van der Waals surface area contributed by atoms with Gasteiger partial charge in [-0.15, -0.1) is 0 Å². The molecule has 0 heterocycles. The molecule has 1 atom stereocenters. The number of hydrogen-bond donors (Lipinski definition) is 1. The quantitative estimate of drug-likeness (QED) is 0.622. The van der Waals surface area contributed by atoms with Crippen molar-refractivity contribution >= 4 is 5.91 Å². The van der Waals surface area contributed by atoms with Crippen molar-refractivity contribution in [2.45, 2.75) is 53.7 Å². The number of carbonyl (C=O) groups excluding carboxylic acids is 1. The highest BCUT2D eigenvalue weighted by molar-refractivity contribution is 5.80. The molecule has 158 valence electrons. The fraction of sp³-hybridized carbons (Fsp3) is 0.458. The van der Waals surface area contributed by atoms with Crippen LogP contribution in [0.3, 0.4) is 0 Å². The van der Waals surface area contributed by atoms with E-state index in [1.165, 1.54) is 0 Å². The van der Waals surface area contributed by atoms with Gasteiger partial charge in [-0.3, -0.25) is 4.79 Å². The van der Waals surface area contributed by atoms with E-state index in [-0.39, 0.29) is 5.91 Å². The lowest BCUT2D eigenvalue weighted by atomic mass is 10.1. The van der Waals surface area contributed by atoms with Crippen molar-refractivity contribution < 1.29 is 19.0 Å². The number of para-hydroxylation sites is 1. The Morgan fingerprint density at radius 2 is 1.72 bits per heavy atom. The highest BCUT2D eigenvalue weighted by Crippen LogP contribution is 2.28. The summed E-state index contributed by atoms with van der Waals surface area (Å²) in [6.45, 7) is 11.1. The summed E-state index contributed by atoms with van der Waals surface area (Å²) in [5, 5.41) is 2.93. The predicted molar refractivity (Wildman–Crippen MR) is 116 cm³/mol. The molecule has 0 aliphatic rings. The largest absolute Gasteiger partial charge is 0.493 e. The molecule has 0 bridgehead atoms. The Bertz CT molecular complexity index is 796. The number of methoxy groups -OCH3 is 1. The van der Waals surface area contributed by atoms with Gasteiger partial charge in [-0.05, 0) is 61.9 Å². The molecule has 0 aliphatic heterocycles. The molecule has 2 aromatic rings. The molecule has 1 amide bonds. The van der Waals surface area contributed by atoms with Gasteiger partial charge in [-0.25, -0.2) is 0 Å². The van der Waals surface area contributed by atoms with E-state index in [0.717, 1.165) is 34.6 Å². The normalized spacial score (nSPS) is 11.8. The number of amides is 1. The van der Waals surface area contributed by atoms with Gasteiger partial charge < -0.3 is 19.5 Å². The number of benzene rings is 2. The highest BCUT2D eigenvalue weighted by Gasteiger charge is 2.17. The van der Waals surface area contributed by atoms with Crippen molar-refractivity contribution in [2.24, 2.45) is 5.92 Å². The minimum Gasteiger partial charge on any atom is -0.493 e. The van der Waals surface area contributed by atoms with E-state index < -0.39 is 6.10 Å². The zero-order valence-corrected chi connectivity index (χ0v) is 18.4. The van der Waals surface area contributed by atoms with Crippen LogP contribution >= 0.6 is 0 Å². The molecule has 2 aromatic carbocycles. The first-order valence-corrected chi connectivity index (χ1v) is 10.1. The van der Waals surface area contributed by atoms with E-state index in [0.29, 0.717) is 24.8 Å². The average molecular weight is 400 g/mol. The van der Waals surface area contributed by atoms with Gasteiger partial charge in [0.15, 0.2) is 17.6 Å². The zero-order chi connectivity index (χ0) is 21.4. The summed E-state index contributed by atoms with van der Waals surface area (Å²) in [6, 6.07) is 11.6. The summed E-state index contributed by atoms with van der Waals surface area (Å²) in [7, 11) is 1.62. The predicted octanol–water partition coefficient (Wildman–Crippen LogP) is 4.82. The number of rotatable bonds is 10. The van der Waals surface area contributed by atoms with Crippen LogP contribution in [-0.2, 0) is 11.3 Å². The molecule has 0 saturated carbocycles. The minimum atomic E-state index is -0.588. The van der Waals surface area contributed by atoms with Crippen molar-refractivity contribution in [1.29, 1.82) is 0 Å². The van der Waals surface area contributed by atoms with Crippen molar-refractivity contribution in [2.75, 3.05) is 13.7 Å². The summed E-state index contributed by atoms with van der Waals surface area (Å²) in [4.78, 5) is 12.5. The lowest BCUT2D eigenvalue weighted by Gasteiger charge is -2.18. The number of hydrogen-bond acceptors (Lipinski definition) is 4. The molecule has 0 aromatic heterocycles. The summed E-state index contributed by atoms with van der Waals surface area (Å²) >= 11 is 0. The summed E-state index contributed by atoms with van der Waals surface area (Å²) in [6.07, 6.45) is 0.398. The lowest BCUT2D eigenvalue weighted by molar-refractivity contribution is -0.127. The van der Waals surface area contributed by atoms with Gasteiger partial charge in [0, 0.05) is 6.54 Å². The second-order valence-corrected chi connectivity index (χ2v) is 7.72. The molecular formula is C24H33NO4. The van der Waals surface area contributed by atoms with Crippen LogP contribution in [0.15, 0.2) is 36.4 Å². The third kappa shape index (κ3) is 6.70. The average Bonchev–Trinajstić information content (AvgIpc) is 2.69. The van der Waals surface area contributed by atoms with Gasteiger partial charge in [0.05, 0.1) is 13.7 Å². The molecule has 0 spiro atoms. The Balaban J connectivity index is 1.93. The Kier molecular flexibility index (Phi) is 8.37. The fourth-order valence-corrected chi connectivity index (χ4v) is 2.89. The highest BCUT2D eigenvalue weighted by atomic mass is 16.5. The molecule has 0 fully saturated rings. The SMILES string of the molecule is COc1cc(CNC(=O)C(C)Oc2c(C)cccc2C)ccc1OCCC(C)C. The molecular weight excluding hydrogens is 366 g/mol. The van der Waals surface area contributed by atoms with Crippen LogP contribution in [-0.4, -0.2) is 25.7 Å². The maximum Gasteiger partial charge on any atom is 0.261 e. The van der Waals surface area contributed by atoms with Crippen molar-refractivity contribution in [3.63, 3.8) is 0 Å². The van der Waals surface area contributed by atoms with Gasteiger partial charge in [0.1, 0.15) is 5.75 Å². The molecule has 5 nitrogen and oxygen atoms in total. The Morgan fingerprint density at radius 1 is 1.03 bits per heavy atom. The van der Waals surface area contributed by atoms with Crippen LogP contribution in [0, 0.1) is 19.8 Å². The number of ether oxygens (including phenoxy) is 3. The van der Waals surface area contributed by atoms with Crippen LogP contribution in [0.1, 0.15) is 43.9 Å². The van der Waals surface area contributed by atoms with E-state index in [1.54, 1.807) is 14.0 Å². The number of aryl methyl sites for hydroxylation is 2. The summed E-state index contributed by atoms with van der Waals surface area (Å²) in [5.74, 6) is 2.57. The van der Waals surface area contributed by atoms with E-state index >= 15 is 0 Å². The maximum atomic E-state index is 12.5. The maximum absolute atomic E-state index is 12.5. The van der Waals surface area contributed by atoms with E-state index in [1.807, 2.05) is 50.2 Å². The van der Waals surface area contributed by atoms with Crippen LogP contribution in [0.2, 0.25) is 0 Å². The molecule has 5 heteroatoms. The molecule has 1 N–H and O–H groups in total. The zero-order valence-electron chi connectivity index (χ0n) is 18.4. The van der Waals surface area contributed by atoms with Crippen LogP contribution < -0.4 is 19.5 Å². The topological polar surface area (TPSA) is 56.8 Å². The van der Waals surface area contributed by atoms with E-state index in [9.17, 15) is 4.79 Å². The molecule has 1 unspecified atom stereocenters. The summed E-state index contributed by atoms with van der Waals surface area (Å²) < 4.78 is 17.2. The summed E-state index contributed by atoms with van der Waals surface area (Å²) in [5.41, 5.74) is 2.97. The fourth-order valence-electron chi connectivity index (χ4n) is 2.89. The molecule has 0 saturated heterocycles. The van der Waals surface area contributed by atoms with Crippen LogP contribution in [0.25, 0.3) is 0 Å². The first kappa shape index (κ1) is 22.6. The Morgan fingerprint density at radius 3 is 2.34 bits per heavy atom. The molecule has 29 heavy (non-hydrogen) atoms. The van der Waals surface area contributed by atoms with Gasteiger partial charge in [-0.1, -0.05) is 38.1 Å². The van der Waals surface area contributed by atoms with Gasteiger partial charge >= 0.3 is 0 Å². The minimum absolute atomic E-state index is 0.163. The lowest BCUT2D eigenvalue weighted by Crippen LogP contribution is -2.36. The Hall–Kier alpha value is -2.69. The second kappa shape index (κ2) is 10.7. The van der Waals surface area contributed by atoms with Crippen LogP contribution in [0.4, 0.5) is 0 Å². The van der Waals surface area contributed by atoms with Crippen molar-refractivity contribution in [3.8, 4) is 17.2 Å². The smallest absolute Gasteiger partial charge is 0.261 e. The first-order valence-electron chi connectivity index (χ1n) is 10.1. The van der Waals surface area contributed by atoms with E-state index in [2.05, 4.69) is 19.2 Å². The monoisotopic (exact) mass is 399 g/mol. The van der Waals surface area contributed by atoms with Gasteiger partial charge in [-0.2, -0.15) is 0 Å². The molecule has 0 radical (unpaired) electrons. The van der Waals surface area contributed by atoms with Crippen LogP contribution in [0.5, 0.6) is 17.2 Å². The Labute approximate surface area is 174 Å². The number of carbonyl (C=O) groups is 1. The number of nitrogens with one attached hydrogen (secondary N) is 1. The molecule has 0 aliphatic carbocycles. The van der Waals surface area contributed by atoms with Crippen molar-refractivity contribution in [3.05, 3.63) is 53.1 Å². The second-order valence-electron chi connectivity index (χ2n) is 7.72. The first-order chi connectivity index (χ1) is 13.8. The van der Waals surface area contributed by atoms with Gasteiger partial charge in [0.2, 0.25) is 0 Å². The third-order valence-corrected chi connectivity index (χ3v) is 4.72. The van der Waals surface area contributed by atoms with Crippen molar-refractivity contribution in [1.82, 2.24) is 5.32 Å². The van der Waals surface area contributed by atoms with Gasteiger partial charge in [0.25, 0.3) is 5.91 Å². The standard InChI is InChI=1S/C24H33NO4/c1-16(2)12-13-28-21-11-10-20(14-22(21)27-6)15-25-24(26)19(5)29-23-17(3)8-7-9-18(23)4/h7-11,14,16,19H,12-13,15H2,1-6H3,(H,25,26).